The van der Waals surface area contributed by atoms with Gasteiger partial charge < -0.3 is 10.4 Å². The number of hydrogen-bond acceptors (Lipinski definition) is 3. The fraction of sp³-hybridized carbons (Fsp3) is 0.267. The van der Waals surface area contributed by atoms with Crippen LogP contribution in [-0.4, -0.2) is 22.0 Å². The zero-order valence-corrected chi connectivity index (χ0v) is 11.3. The van der Waals surface area contributed by atoms with E-state index in [-0.39, 0.29) is 5.91 Å². The summed E-state index contributed by atoms with van der Waals surface area (Å²) in [5.41, 5.74) is 1.43. The van der Waals surface area contributed by atoms with E-state index in [9.17, 15) is 9.59 Å². The molecule has 0 bridgehead atoms. The Morgan fingerprint density at radius 3 is 2.60 bits per heavy atom. The Kier molecular flexibility index (Phi) is 3.98. The summed E-state index contributed by atoms with van der Waals surface area (Å²) in [6.07, 6.45) is 1.68. The summed E-state index contributed by atoms with van der Waals surface area (Å²) >= 11 is 0. The third-order valence-electron chi connectivity index (χ3n) is 3.46. The minimum absolute atomic E-state index is 0.309. The second-order valence-electron chi connectivity index (χ2n) is 4.78. The first-order valence-corrected chi connectivity index (χ1v) is 6.38. The highest BCUT2D eigenvalue weighted by atomic mass is 16.4. The number of rotatable bonds is 4. The van der Waals surface area contributed by atoms with Crippen LogP contribution in [0.3, 0.4) is 0 Å². The Labute approximate surface area is 116 Å². The summed E-state index contributed by atoms with van der Waals surface area (Å²) < 4.78 is 0. The Hall–Kier alpha value is -2.43. The second kappa shape index (κ2) is 5.69. The lowest BCUT2D eigenvalue weighted by Gasteiger charge is -2.16. The smallest absolute Gasteiger partial charge is 0.307 e. The summed E-state index contributed by atoms with van der Waals surface area (Å²) in [7, 11) is 0. The van der Waals surface area contributed by atoms with E-state index in [2.05, 4.69) is 10.3 Å². The van der Waals surface area contributed by atoms with Gasteiger partial charge in [-0.2, -0.15) is 0 Å². The molecule has 1 heterocycles. The lowest BCUT2D eigenvalue weighted by Crippen LogP contribution is -2.30. The van der Waals surface area contributed by atoms with Gasteiger partial charge in [-0.3, -0.25) is 14.6 Å². The lowest BCUT2D eigenvalue weighted by atomic mass is 9.95. The van der Waals surface area contributed by atoms with E-state index in [1.165, 1.54) is 6.92 Å². The summed E-state index contributed by atoms with van der Waals surface area (Å²) in [5, 5.41) is 12.6. The van der Waals surface area contributed by atoms with Gasteiger partial charge >= 0.3 is 5.97 Å². The van der Waals surface area contributed by atoms with E-state index in [1.807, 2.05) is 12.1 Å². The lowest BCUT2D eigenvalue weighted by molar-refractivity contribution is -0.145. The van der Waals surface area contributed by atoms with Crippen molar-refractivity contribution in [3.63, 3.8) is 0 Å². The van der Waals surface area contributed by atoms with Gasteiger partial charge in [0.1, 0.15) is 0 Å². The molecule has 1 amide bonds. The second-order valence-corrected chi connectivity index (χ2v) is 4.78. The van der Waals surface area contributed by atoms with Gasteiger partial charge in [0.15, 0.2) is 0 Å². The van der Waals surface area contributed by atoms with Crippen molar-refractivity contribution >= 4 is 28.5 Å². The summed E-state index contributed by atoms with van der Waals surface area (Å²) in [6, 6.07) is 9.09. The average molecular weight is 272 g/mol. The van der Waals surface area contributed by atoms with Crippen LogP contribution in [0.4, 0.5) is 5.69 Å². The summed E-state index contributed by atoms with van der Waals surface area (Å²) in [4.78, 5) is 27.2. The Bertz CT molecular complexity index is 649. The normalized spacial score (nSPS) is 13.7. The first-order chi connectivity index (χ1) is 9.50. The fourth-order valence-corrected chi connectivity index (χ4v) is 1.90. The standard InChI is InChI=1S/C15H16N2O3/c1-9(10(2)15(19)20)14(18)17-13-7-3-6-12-11(13)5-4-8-16-12/h3-10H,1-2H3,(H,17,18)(H,19,20). The van der Waals surface area contributed by atoms with E-state index < -0.39 is 17.8 Å². The molecule has 104 valence electrons. The molecule has 0 fully saturated rings. The molecule has 2 aromatic rings. The van der Waals surface area contributed by atoms with E-state index >= 15 is 0 Å². The van der Waals surface area contributed by atoms with Crippen molar-refractivity contribution in [2.24, 2.45) is 11.8 Å². The molecule has 5 nitrogen and oxygen atoms in total. The van der Waals surface area contributed by atoms with Gasteiger partial charge in [-0.15, -0.1) is 0 Å². The summed E-state index contributed by atoms with van der Waals surface area (Å²) in [5.74, 6) is -2.63. The van der Waals surface area contributed by atoms with Gasteiger partial charge in [0.2, 0.25) is 5.91 Å². The van der Waals surface area contributed by atoms with Crippen LogP contribution < -0.4 is 5.32 Å². The predicted molar refractivity (Wildman–Crippen MR) is 76.3 cm³/mol. The minimum atomic E-state index is -0.979. The number of carboxylic acids is 1. The molecule has 0 aliphatic heterocycles. The fourth-order valence-electron chi connectivity index (χ4n) is 1.90. The predicted octanol–water partition coefficient (Wildman–Crippen LogP) is 2.53. The van der Waals surface area contributed by atoms with E-state index in [0.29, 0.717) is 5.69 Å². The van der Waals surface area contributed by atoms with Crippen molar-refractivity contribution < 1.29 is 14.7 Å². The average Bonchev–Trinajstić information content (AvgIpc) is 2.46. The van der Waals surface area contributed by atoms with Crippen LogP contribution in [0.2, 0.25) is 0 Å². The Morgan fingerprint density at radius 1 is 1.15 bits per heavy atom. The third kappa shape index (κ3) is 2.77. The van der Waals surface area contributed by atoms with Crippen LogP contribution in [0.15, 0.2) is 36.5 Å². The molecule has 2 atom stereocenters. The van der Waals surface area contributed by atoms with Crippen molar-refractivity contribution in [1.29, 1.82) is 0 Å². The molecule has 5 heteroatoms. The number of carbonyl (C=O) groups is 2. The van der Waals surface area contributed by atoms with Crippen molar-refractivity contribution in [2.75, 3.05) is 5.32 Å². The van der Waals surface area contributed by atoms with Gasteiger partial charge in [0.25, 0.3) is 0 Å². The molecule has 1 aromatic carbocycles. The third-order valence-corrected chi connectivity index (χ3v) is 3.46. The summed E-state index contributed by atoms with van der Waals surface area (Å²) in [6.45, 7) is 3.13. The number of aliphatic carboxylic acids is 1. The van der Waals surface area contributed by atoms with Crippen molar-refractivity contribution in [1.82, 2.24) is 4.98 Å². The first kappa shape index (κ1) is 14.0. The van der Waals surface area contributed by atoms with Crippen molar-refractivity contribution in [3.8, 4) is 0 Å². The van der Waals surface area contributed by atoms with Gasteiger partial charge in [-0.1, -0.05) is 19.9 Å². The maximum absolute atomic E-state index is 12.1. The topological polar surface area (TPSA) is 79.3 Å². The van der Waals surface area contributed by atoms with Crippen LogP contribution in [0.5, 0.6) is 0 Å². The zero-order chi connectivity index (χ0) is 14.7. The molecule has 2 N–H and O–H groups in total. The SMILES string of the molecule is CC(C(=O)O)C(C)C(=O)Nc1cccc2ncccc12. The number of nitrogens with zero attached hydrogens (tertiary/aromatic N) is 1. The maximum Gasteiger partial charge on any atom is 0.307 e. The number of pyridine rings is 1. The van der Waals surface area contributed by atoms with Crippen molar-refractivity contribution in [3.05, 3.63) is 36.5 Å². The number of nitrogens with one attached hydrogen (secondary N) is 1. The van der Waals surface area contributed by atoms with Crippen LogP contribution in [0, 0.1) is 11.8 Å². The van der Waals surface area contributed by atoms with Gasteiger partial charge in [-0.25, -0.2) is 0 Å². The van der Waals surface area contributed by atoms with Crippen LogP contribution in [0.25, 0.3) is 10.9 Å². The number of fused-ring (bicyclic) bond motifs is 1. The molecule has 0 saturated carbocycles. The molecule has 0 saturated heterocycles. The molecule has 20 heavy (non-hydrogen) atoms. The van der Waals surface area contributed by atoms with Crippen LogP contribution in [0.1, 0.15) is 13.8 Å². The van der Waals surface area contributed by atoms with E-state index in [4.69, 9.17) is 5.11 Å². The quantitative estimate of drug-likeness (QED) is 0.896. The zero-order valence-electron chi connectivity index (χ0n) is 11.3. The molecule has 0 spiro atoms. The number of aromatic nitrogens is 1. The Morgan fingerprint density at radius 2 is 1.90 bits per heavy atom. The molecule has 1 aromatic heterocycles. The number of carbonyl (C=O) groups excluding carboxylic acids is 1. The van der Waals surface area contributed by atoms with Gasteiger partial charge in [-0.05, 0) is 24.3 Å². The molecule has 0 aliphatic rings. The van der Waals surface area contributed by atoms with E-state index in [0.717, 1.165) is 10.9 Å². The highest BCUT2D eigenvalue weighted by Crippen LogP contribution is 2.23. The molecule has 0 aliphatic carbocycles. The highest BCUT2D eigenvalue weighted by molar-refractivity contribution is 6.02. The van der Waals surface area contributed by atoms with Crippen molar-refractivity contribution in [2.45, 2.75) is 13.8 Å². The molecule has 2 unspecified atom stereocenters. The minimum Gasteiger partial charge on any atom is -0.481 e. The largest absolute Gasteiger partial charge is 0.481 e. The van der Waals surface area contributed by atoms with Gasteiger partial charge in [0.05, 0.1) is 17.1 Å². The maximum atomic E-state index is 12.1. The highest BCUT2D eigenvalue weighted by Gasteiger charge is 2.26. The Balaban J connectivity index is 2.24. The van der Waals surface area contributed by atoms with Gasteiger partial charge in [0, 0.05) is 17.5 Å². The van der Waals surface area contributed by atoms with Crippen LogP contribution in [-0.2, 0) is 9.59 Å². The molecule has 0 radical (unpaired) electrons. The van der Waals surface area contributed by atoms with E-state index in [1.54, 1.807) is 31.3 Å². The molecular formula is C15H16N2O3. The first-order valence-electron chi connectivity index (χ1n) is 6.38. The number of carboxylic acid groups (broad SMARTS) is 1. The number of anilines is 1. The molecule has 2 rings (SSSR count). The van der Waals surface area contributed by atoms with Crippen LogP contribution >= 0.6 is 0 Å². The number of benzene rings is 1. The number of hydrogen-bond donors (Lipinski definition) is 2. The monoisotopic (exact) mass is 272 g/mol. The molecular weight excluding hydrogens is 256 g/mol. The number of amides is 1.